The van der Waals surface area contributed by atoms with Gasteiger partial charge in [0.25, 0.3) is 5.91 Å². The Morgan fingerprint density at radius 2 is 1.76 bits per heavy atom. The monoisotopic (exact) mass is 399 g/mol. The Morgan fingerprint density at radius 1 is 1.05 bits per heavy atom. The van der Waals surface area contributed by atoms with Crippen LogP contribution in [0.5, 0.6) is 11.5 Å². The number of phenolic OH excluding ortho intramolecular Hbond substituents is 1. The molecular weight excluding hydrogens is 389 g/mol. The molecule has 0 saturated carbocycles. The fraction of sp³-hybridized carbons (Fsp3) is 0. The lowest BCUT2D eigenvalue weighted by Gasteiger charge is -2.10. The molecule has 0 aromatic heterocycles. The van der Waals surface area contributed by atoms with Crippen LogP contribution >= 0.6 is 22.6 Å². The van der Waals surface area contributed by atoms with E-state index in [2.05, 4.69) is 5.32 Å². The zero-order valence-corrected chi connectivity index (χ0v) is 12.7. The van der Waals surface area contributed by atoms with Crippen molar-refractivity contribution in [3.05, 3.63) is 51.1 Å². The Balaban J connectivity index is 2.34. The van der Waals surface area contributed by atoms with Crippen LogP contribution in [0.25, 0.3) is 0 Å². The molecule has 108 valence electrons. The third kappa shape index (κ3) is 3.24. The number of amides is 1. The number of para-hydroxylation sites is 1. The molecule has 1 amide bonds. The molecule has 0 atom stereocenters. The molecule has 0 heterocycles. The normalized spacial score (nSPS) is 10.1. The first-order chi connectivity index (χ1) is 9.90. The third-order valence-corrected chi connectivity index (χ3v) is 3.39. The number of phenols is 2. The van der Waals surface area contributed by atoms with Gasteiger partial charge in [0.2, 0.25) is 0 Å². The number of halogens is 1. The molecule has 0 unspecified atom stereocenters. The van der Waals surface area contributed by atoms with Gasteiger partial charge < -0.3 is 20.6 Å². The average Bonchev–Trinajstić information content (AvgIpc) is 2.43. The first-order valence-electron chi connectivity index (χ1n) is 5.75. The number of nitrogens with one attached hydrogen (secondary N) is 1. The van der Waals surface area contributed by atoms with Crippen LogP contribution < -0.4 is 5.32 Å². The van der Waals surface area contributed by atoms with E-state index >= 15 is 0 Å². The maximum absolute atomic E-state index is 12.1. The average molecular weight is 399 g/mol. The SMILES string of the molecule is O=C(Nc1cccc(C(=O)O)c1O)c1cc(I)ccc1O. The fourth-order valence-corrected chi connectivity index (χ4v) is 2.19. The number of carboxylic acids is 1. The molecule has 2 rings (SSSR count). The number of benzene rings is 2. The minimum absolute atomic E-state index is 0.0297. The van der Waals surface area contributed by atoms with Crippen molar-refractivity contribution >= 4 is 40.2 Å². The van der Waals surface area contributed by atoms with Gasteiger partial charge in [-0.2, -0.15) is 0 Å². The molecule has 0 aliphatic rings. The van der Waals surface area contributed by atoms with Gasteiger partial charge in [0, 0.05) is 3.57 Å². The van der Waals surface area contributed by atoms with Gasteiger partial charge in [0.1, 0.15) is 11.3 Å². The number of carbonyl (C=O) groups excluding carboxylic acids is 1. The topological polar surface area (TPSA) is 107 Å². The molecule has 0 aliphatic heterocycles. The Morgan fingerprint density at radius 3 is 2.43 bits per heavy atom. The van der Waals surface area contributed by atoms with E-state index in [1.165, 1.54) is 30.3 Å². The number of rotatable bonds is 3. The number of hydrogen-bond acceptors (Lipinski definition) is 4. The van der Waals surface area contributed by atoms with E-state index < -0.39 is 17.6 Å². The highest BCUT2D eigenvalue weighted by atomic mass is 127. The summed E-state index contributed by atoms with van der Waals surface area (Å²) in [6.45, 7) is 0. The predicted octanol–water partition coefficient (Wildman–Crippen LogP) is 2.65. The molecule has 0 bridgehead atoms. The summed E-state index contributed by atoms with van der Waals surface area (Å²) in [5.41, 5.74) is -0.333. The molecule has 0 fully saturated rings. The largest absolute Gasteiger partial charge is 0.507 e. The summed E-state index contributed by atoms with van der Waals surface area (Å²) in [4.78, 5) is 23.0. The Labute approximate surface area is 133 Å². The van der Waals surface area contributed by atoms with E-state index in [1.54, 1.807) is 6.07 Å². The van der Waals surface area contributed by atoms with Crippen LogP contribution in [0.1, 0.15) is 20.7 Å². The molecule has 6 nitrogen and oxygen atoms in total. The van der Waals surface area contributed by atoms with Gasteiger partial charge in [-0.15, -0.1) is 0 Å². The van der Waals surface area contributed by atoms with Gasteiger partial charge in [-0.1, -0.05) is 6.07 Å². The van der Waals surface area contributed by atoms with Gasteiger partial charge in [-0.05, 0) is 52.9 Å². The number of carboxylic acid groups (broad SMARTS) is 1. The Hall–Kier alpha value is -2.29. The molecule has 21 heavy (non-hydrogen) atoms. The molecule has 0 saturated heterocycles. The highest BCUT2D eigenvalue weighted by Gasteiger charge is 2.17. The van der Waals surface area contributed by atoms with E-state index in [0.29, 0.717) is 0 Å². The quantitative estimate of drug-likeness (QED) is 0.469. The third-order valence-electron chi connectivity index (χ3n) is 2.72. The van der Waals surface area contributed by atoms with Gasteiger partial charge in [-0.3, -0.25) is 4.79 Å². The second-order valence-electron chi connectivity index (χ2n) is 4.12. The van der Waals surface area contributed by atoms with Crippen molar-refractivity contribution in [3.8, 4) is 11.5 Å². The van der Waals surface area contributed by atoms with Crippen LogP contribution in [-0.4, -0.2) is 27.2 Å². The molecule has 2 aromatic rings. The molecule has 0 radical (unpaired) electrons. The second kappa shape index (κ2) is 6.00. The van der Waals surface area contributed by atoms with E-state index in [0.717, 1.165) is 3.57 Å². The first kappa shape index (κ1) is 15.1. The summed E-state index contributed by atoms with van der Waals surface area (Å²) in [6.07, 6.45) is 0. The van der Waals surface area contributed by atoms with Crippen molar-refractivity contribution in [2.45, 2.75) is 0 Å². The first-order valence-corrected chi connectivity index (χ1v) is 6.83. The van der Waals surface area contributed by atoms with Crippen LogP contribution in [0, 0.1) is 3.57 Å². The lowest BCUT2D eigenvalue weighted by molar-refractivity contribution is 0.0693. The van der Waals surface area contributed by atoms with Crippen molar-refractivity contribution < 1.29 is 24.9 Å². The Kier molecular flexibility index (Phi) is 4.32. The molecule has 0 spiro atoms. The predicted molar refractivity (Wildman–Crippen MR) is 83.8 cm³/mol. The molecule has 2 aromatic carbocycles. The van der Waals surface area contributed by atoms with E-state index in [4.69, 9.17) is 5.11 Å². The van der Waals surface area contributed by atoms with Gasteiger partial charge in [-0.25, -0.2) is 4.79 Å². The van der Waals surface area contributed by atoms with Crippen LogP contribution in [0.2, 0.25) is 0 Å². The van der Waals surface area contributed by atoms with Crippen LogP contribution in [0.15, 0.2) is 36.4 Å². The number of aromatic carboxylic acids is 1. The lowest BCUT2D eigenvalue weighted by Crippen LogP contribution is -2.13. The Bertz CT molecular complexity index is 729. The summed E-state index contributed by atoms with van der Waals surface area (Å²) < 4.78 is 0.749. The fourth-order valence-electron chi connectivity index (χ4n) is 1.70. The maximum Gasteiger partial charge on any atom is 0.339 e. The summed E-state index contributed by atoms with van der Waals surface area (Å²) in [5.74, 6) is -2.70. The highest BCUT2D eigenvalue weighted by Crippen LogP contribution is 2.29. The summed E-state index contributed by atoms with van der Waals surface area (Å²) in [7, 11) is 0. The van der Waals surface area contributed by atoms with Gasteiger partial charge in [0.15, 0.2) is 5.75 Å². The molecule has 4 N–H and O–H groups in total. The number of aromatic hydroxyl groups is 2. The minimum Gasteiger partial charge on any atom is -0.507 e. The zero-order chi connectivity index (χ0) is 15.6. The molecule has 0 aliphatic carbocycles. The van der Waals surface area contributed by atoms with Crippen LogP contribution in [-0.2, 0) is 0 Å². The van der Waals surface area contributed by atoms with Crippen molar-refractivity contribution in [3.63, 3.8) is 0 Å². The second-order valence-corrected chi connectivity index (χ2v) is 5.37. The standard InChI is InChI=1S/C14H10INO5/c15-7-4-5-11(17)9(6-7)13(19)16-10-3-1-2-8(12(10)18)14(20)21/h1-6,17-18H,(H,16,19)(H,20,21). The van der Waals surface area contributed by atoms with Crippen LogP contribution in [0.3, 0.4) is 0 Å². The van der Waals surface area contributed by atoms with Crippen molar-refractivity contribution in [1.29, 1.82) is 0 Å². The van der Waals surface area contributed by atoms with Gasteiger partial charge >= 0.3 is 5.97 Å². The van der Waals surface area contributed by atoms with E-state index in [-0.39, 0.29) is 22.6 Å². The maximum atomic E-state index is 12.1. The summed E-state index contributed by atoms with van der Waals surface area (Å²) in [5, 5.41) is 30.8. The molecular formula is C14H10INO5. The summed E-state index contributed by atoms with van der Waals surface area (Å²) >= 11 is 1.99. The number of hydrogen-bond donors (Lipinski definition) is 4. The van der Waals surface area contributed by atoms with Crippen molar-refractivity contribution in [2.75, 3.05) is 5.32 Å². The van der Waals surface area contributed by atoms with Gasteiger partial charge in [0.05, 0.1) is 11.3 Å². The van der Waals surface area contributed by atoms with Crippen molar-refractivity contribution in [1.82, 2.24) is 0 Å². The smallest absolute Gasteiger partial charge is 0.339 e. The highest BCUT2D eigenvalue weighted by molar-refractivity contribution is 14.1. The van der Waals surface area contributed by atoms with Crippen molar-refractivity contribution in [2.24, 2.45) is 0 Å². The lowest BCUT2D eigenvalue weighted by atomic mass is 10.1. The number of anilines is 1. The minimum atomic E-state index is -1.30. The van der Waals surface area contributed by atoms with E-state index in [1.807, 2.05) is 22.6 Å². The summed E-state index contributed by atoms with van der Waals surface area (Å²) in [6, 6.07) is 8.47. The zero-order valence-electron chi connectivity index (χ0n) is 10.5. The number of carbonyl (C=O) groups is 2. The van der Waals surface area contributed by atoms with Crippen LogP contribution in [0.4, 0.5) is 5.69 Å². The van der Waals surface area contributed by atoms with E-state index in [9.17, 15) is 19.8 Å². The molecule has 7 heteroatoms.